The molecule has 12 heteroatoms. The number of ketones is 1. The van der Waals surface area contributed by atoms with Crippen LogP contribution < -0.4 is 24.8 Å². The largest absolute Gasteiger partial charge is 0.496 e. The molecular formula is C33H29N3O8S. The Morgan fingerprint density at radius 2 is 1.47 bits per heavy atom. The summed E-state index contributed by atoms with van der Waals surface area (Å²) in [5.41, 5.74) is 1.19. The summed E-state index contributed by atoms with van der Waals surface area (Å²) in [6.45, 7) is 0. The molecule has 4 aromatic rings. The molecule has 4 aromatic carbocycles. The lowest BCUT2D eigenvalue weighted by atomic mass is 10.1. The fourth-order valence-corrected chi connectivity index (χ4v) is 5.00. The number of amides is 2. The summed E-state index contributed by atoms with van der Waals surface area (Å²) in [5, 5.41) is 16.5. The Kier molecular flexibility index (Phi) is 10.9. The SMILES string of the molecule is COc1cc(OC)c(OC)cc1/C=C(\NC(=O)c1ccccc1)C(=O)Nc1cccc(SCC(=O)c2cccc([N+](=O)[O-])c2)c1. The molecule has 0 spiro atoms. The maximum absolute atomic E-state index is 13.6. The second-order valence-electron chi connectivity index (χ2n) is 9.33. The lowest BCUT2D eigenvalue weighted by Crippen LogP contribution is -2.30. The first kappa shape index (κ1) is 32.3. The fraction of sp³-hybridized carbons (Fsp3) is 0.121. The minimum atomic E-state index is -0.619. The molecule has 0 fully saturated rings. The van der Waals surface area contributed by atoms with E-state index in [4.69, 9.17) is 14.2 Å². The highest BCUT2D eigenvalue weighted by atomic mass is 32.2. The summed E-state index contributed by atoms with van der Waals surface area (Å²) >= 11 is 1.21. The smallest absolute Gasteiger partial charge is 0.272 e. The van der Waals surface area contributed by atoms with Gasteiger partial charge in [0.2, 0.25) is 0 Å². The van der Waals surface area contributed by atoms with Crippen molar-refractivity contribution in [3.05, 3.63) is 123 Å². The van der Waals surface area contributed by atoms with Crippen molar-refractivity contribution in [1.29, 1.82) is 0 Å². The minimum absolute atomic E-state index is 0.0238. The molecular weight excluding hydrogens is 598 g/mol. The number of thioether (sulfide) groups is 1. The standard InChI is InChI=1S/C33H29N3O8S/c1-42-29-19-31(44-3)30(43-2)17-23(29)16-27(35-32(38)21-9-5-4-6-10-21)33(39)34-24-12-8-14-26(18-24)45-20-28(37)22-11-7-13-25(15-22)36(40)41/h4-19H,20H2,1-3H3,(H,34,39)(H,35,38)/b27-16-. The zero-order valence-corrected chi connectivity index (χ0v) is 25.4. The number of carbonyl (C=O) groups is 3. The molecule has 11 nitrogen and oxygen atoms in total. The molecule has 45 heavy (non-hydrogen) atoms. The van der Waals surface area contributed by atoms with E-state index in [0.717, 1.165) is 0 Å². The van der Waals surface area contributed by atoms with Crippen molar-refractivity contribution in [3.8, 4) is 17.2 Å². The van der Waals surface area contributed by atoms with E-state index in [1.54, 1.807) is 66.7 Å². The van der Waals surface area contributed by atoms with E-state index in [9.17, 15) is 24.5 Å². The van der Waals surface area contributed by atoms with Crippen LogP contribution in [-0.4, -0.2) is 49.6 Å². The molecule has 0 aliphatic heterocycles. The highest BCUT2D eigenvalue weighted by Crippen LogP contribution is 2.35. The predicted octanol–water partition coefficient (Wildman–Crippen LogP) is 6.01. The van der Waals surface area contributed by atoms with E-state index >= 15 is 0 Å². The Morgan fingerprint density at radius 3 is 2.16 bits per heavy atom. The summed E-state index contributed by atoms with van der Waals surface area (Å²) in [6, 6.07) is 24.0. The molecule has 2 N–H and O–H groups in total. The molecule has 0 aromatic heterocycles. The van der Waals surface area contributed by atoms with Gasteiger partial charge in [0.1, 0.15) is 11.4 Å². The first-order chi connectivity index (χ1) is 21.7. The van der Waals surface area contributed by atoms with Crippen molar-refractivity contribution in [2.45, 2.75) is 4.90 Å². The van der Waals surface area contributed by atoms with Crippen LogP contribution in [0.15, 0.2) is 102 Å². The number of rotatable bonds is 13. The fourth-order valence-electron chi connectivity index (χ4n) is 4.15. The van der Waals surface area contributed by atoms with Gasteiger partial charge in [-0.05, 0) is 42.5 Å². The third-order valence-electron chi connectivity index (χ3n) is 6.41. The maximum atomic E-state index is 13.6. The molecule has 0 aliphatic carbocycles. The number of methoxy groups -OCH3 is 3. The van der Waals surface area contributed by atoms with Crippen LogP contribution in [0, 0.1) is 10.1 Å². The van der Waals surface area contributed by atoms with Crippen molar-refractivity contribution in [3.63, 3.8) is 0 Å². The van der Waals surface area contributed by atoms with Crippen molar-refractivity contribution < 1.29 is 33.5 Å². The summed E-state index contributed by atoms with van der Waals surface area (Å²) in [5.74, 6) is -0.191. The number of nitrogens with zero attached hydrogens (tertiary/aromatic N) is 1. The predicted molar refractivity (Wildman–Crippen MR) is 171 cm³/mol. The van der Waals surface area contributed by atoms with Crippen LogP contribution in [0.1, 0.15) is 26.3 Å². The van der Waals surface area contributed by atoms with Gasteiger partial charge < -0.3 is 24.8 Å². The van der Waals surface area contributed by atoms with Crippen LogP contribution in [0.4, 0.5) is 11.4 Å². The van der Waals surface area contributed by atoms with Crippen molar-refractivity contribution >= 4 is 46.8 Å². The second kappa shape index (κ2) is 15.2. The molecule has 0 aliphatic rings. The third-order valence-corrected chi connectivity index (χ3v) is 7.40. The second-order valence-corrected chi connectivity index (χ2v) is 10.4. The van der Waals surface area contributed by atoms with Gasteiger partial charge in [-0.1, -0.05) is 36.4 Å². The molecule has 0 bridgehead atoms. The number of nitro groups is 1. The van der Waals surface area contributed by atoms with Gasteiger partial charge in [0, 0.05) is 45.5 Å². The minimum Gasteiger partial charge on any atom is -0.496 e. The average molecular weight is 628 g/mol. The van der Waals surface area contributed by atoms with Gasteiger partial charge in [-0.15, -0.1) is 11.8 Å². The maximum Gasteiger partial charge on any atom is 0.272 e. The normalized spacial score (nSPS) is 10.9. The van der Waals surface area contributed by atoms with E-state index in [1.165, 1.54) is 63.4 Å². The Hall–Kier alpha value is -5.62. The van der Waals surface area contributed by atoms with E-state index in [1.807, 2.05) is 0 Å². The molecule has 2 amide bonds. The number of benzene rings is 4. The number of anilines is 1. The average Bonchev–Trinajstić information content (AvgIpc) is 3.07. The summed E-state index contributed by atoms with van der Waals surface area (Å²) in [6.07, 6.45) is 1.47. The highest BCUT2D eigenvalue weighted by Gasteiger charge is 2.18. The summed E-state index contributed by atoms with van der Waals surface area (Å²) < 4.78 is 16.3. The number of carbonyl (C=O) groups excluding carboxylic acids is 3. The zero-order chi connectivity index (χ0) is 32.3. The van der Waals surface area contributed by atoms with Gasteiger partial charge in [0.25, 0.3) is 17.5 Å². The molecule has 0 atom stereocenters. The molecule has 230 valence electrons. The van der Waals surface area contributed by atoms with Gasteiger partial charge in [0.05, 0.1) is 32.0 Å². The Balaban J connectivity index is 1.58. The van der Waals surface area contributed by atoms with E-state index < -0.39 is 16.7 Å². The first-order valence-electron chi connectivity index (χ1n) is 13.4. The van der Waals surface area contributed by atoms with Crippen LogP contribution in [0.5, 0.6) is 17.2 Å². The Morgan fingerprint density at radius 1 is 0.800 bits per heavy atom. The van der Waals surface area contributed by atoms with Crippen LogP contribution in [0.3, 0.4) is 0 Å². The van der Waals surface area contributed by atoms with Crippen LogP contribution in [0.2, 0.25) is 0 Å². The van der Waals surface area contributed by atoms with Gasteiger partial charge in [0.15, 0.2) is 17.3 Å². The topological polar surface area (TPSA) is 146 Å². The van der Waals surface area contributed by atoms with Crippen molar-refractivity contribution in [1.82, 2.24) is 5.32 Å². The number of nitro benzene ring substituents is 1. The highest BCUT2D eigenvalue weighted by molar-refractivity contribution is 8.00. The molecule has 0 heterocycles. The summed E-state index contributed by atoms with van der Waals surface area (Å²) in [7, 11) is 4.43. The number of nitrogens with one attached hydrogen (secondary N) is 2. The van der Waals surface area contributed by atoms with E-state index in [2.05, 4.69) is 10.6 Å². The van der Waals surface area contributed by atoms with Crippen molar-refractivity contribution in [2.24, 2.45) is 0 Å². The molecule has 0 saturated heterocycles. The first-order valence-corrected chi connectivity index (χ1v) is 14.4. The number of hydrogen-bond acceptors (Lipinski definition) is 9. The quantitative estimate of drug-likeness (QED) is 0.0599. The van der Waals surface area contributed by atoms with Crippen LogP contribution >= 0.6 is 11.8 Å². The number of ether oxygens (including phenoxy) is 3. The van der Waals surface area contributed by atoms with E-state index in [-0.39, 0.29) is 28.5 Å². The number of Topliss-reactive ketones (excluding diaryl/α,β-unsaturated/α-hetero) is 1. The Labute approximate surface area is 263 Å². The van der Waals surface area contributed by atoms with Crippen LogP contribution in [0.25, 0.3) is 6.08 Å². The molecule has 0 saturated carbocycles. The van der Waals surface area contributed by atoms with Crippen LogP contribution in [-0.2, 0) is 4.79 Å². The summed E-state index contributed by atoms with van der Waals surface area (Å²) in [4.78, 5) is 50.5. The molecule has 0 radical (unpaired) electrons. The lowest BCUT2D eigenvalue weighted by molar-refractivity contribution is -0.384. The molecule has 0 unspecified atom stereocenters. The van der Waals surface area contributed by atoms with Gasteiger partial charge in [-0.25, -0.2) is 0 Å². The number of non-ortho nitro benzene ring substituents is 1. The monoisotopic (exact) mass is 627 g/mol. The van der Waals surface area contributed by atoms with Gasteiger partial charge >= 0.3 is 0 Å². The number of hydrogen-bond donors (Lipinski definition) is 2. The van der Waals surface area contributed by atoms with Gasteiger partial charge in [-0.2, -0.15) is 0 Å². The third kappa shape index (κ3) is 8.48. The van der Waals surface area contributed by atoms with Gasteiger partial charge in [-0.3, -0.25) is 24.5 Å². The zero-order valence-electron chi connectivity index (χ0n) is 24.6. The lowest BCUT2D eigenvalue weighted by Gasteiger charge is -2.15. The van der Waals surface area contributed by atoms with E-state index in [0.29, 0.717) is 39.0 Å². The Bertz CT molecular complexity index is 1760. The molecule has 4 rings (SSSR count). The van der Waals surface area contributed by atoms with Crippen molar-refractivity contribution in [2.75, 3.05) is 32.4 Å².